The second-order valence-corrected chi connectivity index (χ2v) is 5.62. The van der Waals surface area contributed by atoms with E-state index in [4.69, 9.17) is 0 Å². The maximum atomic E-state index is 12.6. The number of fused-ring (bicyclic) bond motifs is 2. The Morgan fingerprint density at radius 1 is 1.00 bits per heavy atom. The molecule has 0 saturated carbocycles. The molecule has 1 aliphatic heterocycles. The Kier molecular flexibility index (Phi) is 2.48. The summed E-state index contributed by atoms with van der Waals surface area (Å²) in [6, 6.07) is 15.9. The van der Waals surface area contributed by atoms with E-state index in [1.54, 1.807) is 0 Å². The van der Waals surface area contributed by atoms with Gasteiger partial charge in [-0.1, -0.05) is 30.3 Å². The second-order valence-electron chi connectivity index (χ2n) is 4.20. The first-order chi connectivity index (χ1) is 8.27. The zero-order valence-corrected chi connectivity index (χ0v) is 10.4. The highest BCUT2D eigenvalue weighted by Crippen LogP contribution is 2.32. The number of benzene rings is 2. The van der Waals surface area contributed by atoms with E-state index in [9.17, 15) is 4.21 Å². The van der Waals surface area contributed by atoms with Crippen LogP contribution in [0.15, 0.2) is 58.3 Å². The van der Waals surface area contributed by atoms with Crippen LogP contribution in [0.5, 0.6) is 0 Å². The molecule has 0 saturated heterocycles. The second kappa shape index (κ2) is 4.00. The van der Waals surface area contributed by atoms with E-state index in [2.05, 4.69) is 11.0 Å². The van der Waals surface area contributed by atoms with Gasteiger partial charge in [0.25, 0.3) is 0 Å². The van der Waals surface area contributed by atoms with Crippen molar-refractivity contribution in [2.45, 2.75) is 16.3 Å². The Labute approximate surface area is 103 Å². The minimum atomic E-state index is -1.07. The van der Waals surface area contributed by atoms with Gasteiger partial charge < -0.3 is 4.90 Å². The molecule has 1 aliphatic rings. The highest BCUT2D eigenvalue weighted by molar-refractivity contribution is 7.85. The van der Waals surface area contributed by atoms with Crippen LogP contribution in [-0.4, -0.2) is 11.3 Å². The van der Waals surface area contributed by atoms with E-state index < -0.39 is 10.8 Å². The first-order valence-electron chi connectivity index (χ1n) is 5.57. The van der Waals surface area contributed by atoms with Crippen molar-refractivity contribution in [1.29, 1.82) is 0 Å². The van der Waals surface area contributed by atoms with Crippen LogP contribution < -0.4 is 4.90 Å². The summed E-state index contributed by atoms with van der Waals surface area (Å²) in [5, 5.41) is 0. The van der Waals surface area contributed by atoms with Gasteiger partial charge in [0, 0.05) is 18.5 Å². The maximum absolute atomic E-state index is 12.6. The fourth-order valence-corrected chi connectivity index (χ4v) is 3.63. The van der Waals surface area contributed by atoms with E-state index in [1.807, 2.05) is 49.5 Å². The molecule has 1 unspecified atom stereocenters. The highest BCUT2D eigenvalue weighted by Gasteiger charge is 2.21. The Hall–Kier alpha value is -1.61. The van der Waals surface area contributed by atoms with Gasteiger partial charge in [-0.15, -0.1) is 0 Å². The van der Waals surface area contributed by atoms with Gasteiger partial charge in [-0.25, -0.2) is 4.21 Å². The quantitative estimate of drug-likeness (QED) is 0.709. The lowest BCUT2D eigenvalue weighted by atomic mass is 10.2. The van der Waals surface area contributed by atoms with Crippen LogP contribution in [0, 0.1) is 0 Å². The van der Waals surface area contributed by atoms with Crippen LogP contribution in [0.25, 0.3) is 0 Å². The Balaban J connectivity index is 2.26. The van der Waals surface area contributed by atoms with Crippen molar-refractivity contribution in [1.82, 2.24) is 0 Å². The van der Waals surface area contributed by atoms with Crippen LogP contribution >= 0.6 is 0 Å². The van der Waals surface area contributed by atoms with Crippen LogP contribution in [0.4, 0.5) is 5.69 Å². The zero-order valence-electron chi connectivity index (χ0n) is 9.59. The monoisotopic (exact) mass is 243 g/mol. The maximum Gasteiger partial charge on any atom is 0.0874 e. The fourth-order valence-electron chi connectivity index (χ4n) is 2.20. The summed E-state index contributed by atoms with van der Waals surface area (Å²) < 4.78 is 12.6. The number of anilines is 1. The standard InChI is InChI=1S/C14H13NOS/c1-15-10-11-6-2-4-8-13(11)17(16)14-9-5-3-7-12(14)15/h2-9H,10H2,1H3. The van der Waals surface area contributed by atoms with Gasteiger partial charge >= 0.3 is 0 Å². The molecular weight excluding hydrogens is 230 g/mol. The summed E-state index contributed by atoms with van der Waals surface area (Å²) in [6.45, 7) is 0.804. The van der Waals surface area contributed by atoms with Gasteiger partial charge in [-0.3, -0.25) is 0 Å². The molecule has 1 atom stereocenters. The molecular formula is C14H13NOS. The van der Waals surface area contributed by atoms with Crippen molar-refractivity contribution in [3.8, 4) is 0 Å². The molecule has 0 N–H and O–H groups in total. The summed E-state index contributed by atoms with van der Waals surface area (Å²) in [5.74, 6) is 0. The van der Waals surface area contributed by atoms with Crippen molar-refractivity contribution < 1.29 is 4.21 Å². The lowest BCUT2D eigenvalue weighted by molar-refractivity contribution is 0.683. The molecule has 3 heteroatoms. The molecule has 0 bridgehead atoms. The predicted octanol–water partition coefficient (Wildman–Crippen LogP) is 2.80. The minimum Gasteiger partial charge on any atom is -0.369 e. The van der Waals surface area contributed by atoms with Crippen molar-refractivity contribution in [3.63, 3.8) is 0 Å². The van der Waals surface area contributed by atoms with Gasteiger partial charge in [0.1, 0.15) is 0 Å². The average Bonchev–Trinajstić information content (AvgIpc) is 2.48. The summed E-state index contributed by atoms with van der Waals surface area (Å²) in [7, 11) is 0.970. The third-order valence-electron chi connectivity index (χ3n) is 3.06. The Morgan fingerprint density at radius 2 is 1.65 bits per heavy atom. The average molecular weight is 243 g/mol. The molecule has 0 aromatic heterocycles. The zero-order chi connectivity index (χ0) is 11.8. The van der Waals surface area contributed by atoms with Crippen LogP contribution in [0.1, 0.15) is 5.56 Å². The van der Waals surface area contributed by atoms with E-state index in [0.29, 0.717) is 0 Å². The molecule has 0 spiro atoms. The van der Waals surface area contributed by atoms with Gasteiger partial charge in [-0.2, -0.15) is 0 Å². The molecule has 2 aromatic carbocycles. The lowest BCUT2D eigenvalue weighted by Gasteiger charge is -2.18. The normalized spacial score (nSPS) is 18.2. The van der Waals surface area contributed by atoms with E-state index in [-0.39, 0.29) is 0 Å². The minimum absolute atomic E-state index is 0.804. The summed E-state index contributed by atoms with van der Waals surface area (Å²) in [5.41, 5.74) is 2.20. The number of para-hydroxylation sites is 1. The molecule has 86 valence electrons. The van der Waals surface area contributed by atoms with E-state index >= 15 is 0 Å². The van der Waals surface area contributed by atoms with Crippen LogP contribution in [0.3, 0.4) is 0 Å². The molecule has 2 nitrogen and oxygen atoms in total. The number of nitrogens with zero attached hydrogens (tertiary/aromatic N) is 1. The van der Waals surface area contributed by atoms with Gasteiger partial charge in [0.05, 0.1) is 21.4 Å². The molecule has 0 aliphatic carbocycles. The molecule has 1 heterocycles. The number of hydrogen-bond donors (Lipinski definition) is 0. The summed E-state index contributed by atoms with van der Waals surface area (Å²) in [6.07, 6.45) is 0. The Morgan fingerprint density at radius 3 is 2.47 bits per heavy atom. The van der Waals surface area contributed by atoms with Gasteiger partial charge in [-0.05, 0) is 23.8 Å². The first kappa shape index (κ1) is 10.5. The first-order valence-corrected chi connectivity index (χ1v) is 6.72. The van der Waals surface area contributed by atoms with Crippen molar-refractivity contribution in [2.75, 3.05) is 11.9 Å². The predicted molar refractivity (Wildman–Crippen MR) is 69.7 cm³/mol. The Bertz CT molecular complexity index is 594. The van der Waals surface area contributed by atoms with E-state index in [1.165, 1.54) is 0 Å². The number of hydrogen-bond acceptors (Lipinski definition) is 2. The smallest absolute Gasteiger partial charge is 0.0874 e. The van der Waals surface area contributed by atoms with Crippen molar-refractivity contribution >= 4 is 16.5 Å². The van der Waals surface area contributed by atoms with E-state index in [0.717, 1.165) is 27.6 Å². The molecule has 3 rings (SSSR count). The molecule has 17 heavy (non-hydrogen) atoms. The van der Waals surface area contributed by atoms with Gasteiger partial charge in [0.2, 0.25) is 0 Å². The largest absolute Gasteiger partial charge is 0.369 e. The lowest BCUT2D eigenvalue weighted by Crippen LogP contribution is -2.15. The number of rotatable bonds is 0. The fraction of sp³-hybridized carbons (Fsp3) is 0.143. The van der Waals surface area contributed by atoms with Crippen molar-refractivity contribution in [2.24, 2.45) is 0 Å². The summed E-state index contributed by atoms with van der Waals surface area (Å²) in [4.78, 5) is 3.99. The summed E-state index contributed by atoms with van der Waals surface area (Å²) >= 11 is 0. The topological polar surface area (TPSA) is 20.3 Å². The van der Waals surface area contributed by atoms with Crippen LogP contribution in [0.2, 0.25) is 0 Å². The molecule has 0 radical (unpaired) electrons. The third kappa shape index (κ3) is 1.67. The SMILES string of the molecule is CN1Cc2ccccc2S(=O)c2ccccc21. The van der Waals surface area contributed by atoms with Crippen LogP contribution in [-0.2, 0) is 17.3 Å². The molecule has 2 aromatic rings. The van der Waals surface area contributed by atoms with Crippen molar-refractivity contribution in [3.05, 3.63) is 54.1 Å². The third-order valence-corrected chi connectivity index (χ3v) is 4.60. The highest BCUT2D eigenvalue weighted by atomic mass is 32.2. The van der Waals surface area contributed by atoms with Gasteiger partial charge in [0.15, 0.2) is 0 Å². The molecule has 0 fully saturated rings. The molecule has 0 amide bonds.